The predicted molar refractivity (Wildman–Crippen MR) is 409 cm³/mol. The zero-order chi connectivity index (χ0) is 73.4. The Hall–Kier alpha value is -1.94. The van der Waals surface area contributed by atoms with Crippen molar-refractivity contribution < 1.29 is 80.2 Å². The van der Waals surface area contributed by atoms with Gasteiger partial charge in [0, 0.05) is 25.7 Å². The first-order valence-corrected chi connectivity index (χ1v) is 45.1. The minimum absolute atomic E-state index is 0.108. The van der Waals surface area contributed by atoms with Crippen LogP contribution in [0.2, 0.25) is 0 Å². The monoisotopic (exact) mass is 1470 g/mol. The van der Waals surface area contributed by atoms with Crippen LogP contribution in [0.3, 0.4) is 0 Å². The molecule has 0 aliphatic rings. The van der Waals surface area contributed by atoms with Gasteiger partial charge in [-0.2, -0.15) is 0 Å². The van der Waals surface area contributed by atoms with Crippen LogP contribution in [0.1, 0.15) is 433 Å². The third-order valence-corrected chi connectivity index (χ3v) is 20.9. The van der Waals surface area contributed by atoms with Crippen molar-refractivity contribution in [2.24, 2.45) is 5.92 Å². The molecule has 0 saturated heterocycles. The summed E-state index contributed by atoms with van der Waals surface area (Å²) in [5.74, 6) is -1.30. The lowest BCUT2D eigenvalue weighted by atomic mass is 10.0. The molecule has 5 atom stereocenters. The molecular weight excluding hydrogens is 1310 g/mol. The van der Waals surface area contributed by atoms with Gasteiger partial charge < -0.3 is 33.8 Å². The standard InChI is InChI=1S/C81H158O17P2/c1-6-9-12-15-18-21-23-25-26-27-28-29-30-31-32-35-39-43-47-52-57-62-67-81(86)98-77(71-92-79(84)65-60-55-50-45-42-38-36-33-34-37-40-44-48-53-58-63-74(4)5)73-96-100(89,90)94-69-75(82)68-93-99(87,88)95-72-76(70-91-78(83)64-59-54-49-20-17-14-11-8-3)97-80(85)66-61-56-51-46-41-24-22-19-16-13-10-7-2/h74-77,82H,6-73H2,1-5H3,(H,87,88)(H,89,90)/t75-,76+,77+/m0/s1. The molecule has 0 aliphatic carbocycles. The Kier molecular flexibility index (Phi) is 72.5. The Morgan fingerprint density at radius 2 is 0.460 bits per heavy atom. The van der Waals surface area contributed by atoms with Gasteiger partial charge >= 0.3 is 39.5 Å². The Bertz CT molecular complexity index is 1910. The second kappa shape index (κ2) is 73.9. The number of aliphatic hydroxyl groups excluding tert-OH is 1. The molecule has 0 rings (SSSR count). The molecule has 0 fully saturated rings. The number of ether oxygens (including phenoxy) is 4. The fourth-order valence-electron chi connectivity index (χ4n) is 12.6. The first-order chi connectivity index (χ1) is 48.5. The van der Waals surface area contributed by atoms with Crippen molar-refractivity contribution in [3.05, 3.63) is 0 Å². The average Bonchev–Trinajstić information content (AvgIpc) is 0.927. The molecule has 3 N–H and O–H groups in total. The lowest BCUT2D eigenvalue weighted by molar-refractivity contribution is -0.161. The number of carbonyl (C=O) groups is 4. The van der Waals surface area contributed by atoms with Crippen molar-refractivity contribution in [2.75, 3.05) is 39.6 Å². The fourth-order valence-corrected chi connectivity index (χ4v) is 14.2. The topological polar surface area (TPSA) is 237 Å². The van der Waals surface area contributed by atoms with Crippen molar-refractivity contribution in [2.45, 2.75) is 451 Å². The lowest BCUT2D eigenvalue weighted by Crippen LogP contribution is -2.30. The van der Waals surface area contributed by atoms with Crippen LogP contribution in [-0.2, 0) is 65.4 Å². The largest absolute Gasteiger partial charge is 0.472 e. The number of rotatable bonds is 81. The predicted octanol–water partition coefficient (Wildman–Crippen LogP) is 24.4. The van der Waals surface area contributed by atoms with Gasteiger partial charge in [0.05, 0.1) is 26.4 Å². The van der Waals surface area contributed by atoms with E-state index in [0.717, 1.165) is 102 Å². The SMILES string of the molecule is CCCCCCCCCCCCCCCCCCCCCCCCC(=O)O[C@H](COC(=O)CCCCCCCCCCCCCCCCCC(C)C)COP(=O)(O)OC[C@@H](O)COP(=O)(O)OC[C@@H](COC(=O)CCCCCCCCCC)OC(=O)CCCCCCCCCCCCCC. The van der Waals surface area contributed by atoms with Gasteiger partial charge in [0.2, 0.25) is 0 Å². The molecule has 0 spiro atoms. The van der Waals surface area contributed by atoms with E-state index in [0.29, 0.717) is 25.7 Å². The highest BCUT2D eigenvalue weighted by atomic mass is 31.2. The zero-order valence-electron chi connectivity index (χ0n) is 65.3. The smallest absolute Gasteiger partial charge is 0.462 e. The van der Waals surface area contributed by atoms with Crippen LogP contribution in [0.15, 0.2) is 0 Å². The first kappa shape index (κ1) is 98.1. The molecule has 0 aliphatic heterocycles. The van der Waals surface area contributed by atoms with E-state index >= 15 is 0 Å². The molecule has 0 aromatic carbocycles. The summed E-state index contributed by atoms with van der Waals surface area (Å²) in [6.45, 7) is 7.32. The molecule has 2 unspecified atom stereocenters. The number of phosphoric acid groups is 2. The quantitative estimate of drug-likeness (QED) is 0.0222. The van der Waals surface area contributed by atoms with Crippen LogP contribution in [0.4, 0.5) is 0 Å². The molecule has 0 saturated carbocycles. The highest BCUT2D eigenvalue weighted by molar-refractivity contribution is 7.47. The molecule has 17 nitrogen and oxygen atoms in total. The molecule has 19 heteroatoms. The molecule has 0 radical (unpaired) electrons. The number of aliphatic hydroxyl groups is 1. The summed E-state index contributed by atoms with van der Waals surface area (Å²) in [4.78, 5) is 72.9. The van der Waals surface area contributed by atoms with E-state index < -0.39 is 97.5 Å². The normalized spacial score (nSPS) is 13.8. The van der Waals surface area contributed by atoms with Crippen LogP contribution < -0.4 is 0 Å². The molecule has 594 valence electrons. The van der Waals surface area contributed by atoms with Crippen molar-refractivity contribution >= 4 is 39.5 Å². The van der Waals surface area contributed by atoms with Crippen molar-refractivity contribution in [1.82, 2.24) is 0 Å². The van der Waals surface area contributed by atoms with Crippen molar-refractivity contribution in [3.8, 4) is 0 Å². The molecule has 0 heterocycles. The number of unbranched alkanes of at least 4 members (excludes halogenated alkanes) is 53. The van der Waals surface area contributed by atoms with E-state index in [1.165, 1.54) is 250 Å². The third kappa shape index (κ3) is 74.3. The Morgan fingerprint density at radius 3 is 0.680 bits per heavy atom. The maximum absolute atomic E-state index is 13.1. The summed E-state index contributed by atoms with van der Waals surface area (Å²) < 4.78 is 68.6. The number of phosphoric ester groups is 2. The van der Waals surface area contributed by atoms with Gasteiger partial charge in [0.25, 0.3) is 0 Å². The van der Waals surface area contributed by atoms with Gasteiger partial charge in [0.1, 0.15) is 19.3 Å². The third-order valence-electron chi connectivity index (χ3n) is 19.0. The molecule has 0 bridgehead atoms. The first-order valence-electron chi connectivity index (χ1n) is 42.1. The van der Waals surface area contributed by atoms with Crippen LogP contribution >= 0.6 is 15.6 Å². The van der Waals surface area contributed by atoms with Crippen LogP contribution in [0, 0.1) is 5.92 Å². The molecule has 0 aromatic rings. The fraction of sp³-hybridized carbons (Fsp3) is 0.951. The minimum Gasteiger partial charge on any atom is -0.462 e. The summed E-state index contributed by atoms with van der Waals surface area (Å²) in [5, 5.41) is 10.6. The van der Waals surface area contributed by atoms with Crippen LogP contribution in [0.5, 0.6) is 0 Å². The highest BCUT2D eigenvalue weighted by Gasteiger charge is 2.30. The second-order valence-corrected chi connectivity index (χ2v) is 32.5. The Labute approximate surface area is 613 Å². The van der Waals surface area contributed by atoms with E-state index in [2.05, 4.69) is 34.6 Å². The Morgan fingerprint density at radius 1 is 0.270 bits per heavy atom. The summed E-state index contributed by atoms with van der Waals surface area (Å²) in [6.07, 6.45) is 65.4. The van der Waals surface area contributed by atoms with Gasteiger partial charge in [-0.05, 0) is 31.6 Å². The van der Waals surface area contributed by atoms with Gasteiger partial charge in [0.15, 0.2) is 12.2 Å². The summed E-state index contributed by atoms with van der Waals surface area (Å²) in [7, 11) is -9.91. The average molecular weight is 1470 g/mol. The van der Waals surface area contributed by atoms with Gasteiger partial charge in [-0.15, -0.1) is 0 Å². The lowest BCUT2D eigenvalue weighted by Gasteiger charge is -2.21. The summed E-state index contributed by atoms with van der Waals surface area (Å²) in [6, 6.07) is 0. The number of esters is 4. The molecule has 0 aromatic heterocycles. The number of hydrogen-bond donors (Lipinski definition) is 3. The van der Waals surface area contributed by atoms with Gasteiger partial charge in [-0.1, -0.05) is 381 Å². The maximum atomic E-state index is 13.1. The number of carbonyl (C=O) groups excluding carboxylic acids is 4. The molecular formula is C81H158O17P2. The highest BCUT2D eigenvalue weighted by Crippen LogP contribution is 2.45. The van der Waals surface area contributed by atoms with E-state index in [4.69, 9.17) is 37.0 Å². The molecule has 0 amide bonds. The van der Waals surface area contributed by atoms with Crippen LogP contribution in [0.25, 0.3) is 0 Å². The molecule has 100 heavy (non-hydrogen) atoms. The van der Waals surface area contributed by atoms with E-state index in [-0.39, 0.29) is 25.7 Å². The van der Waals surface area contributed by atoms with Gasteiger partial charge in [-0.25, -0.2) is 9.13 Å². The van der Waals surface area contributed by atoms with E-state index in [9.17, 15) is 43.2 Å². The Balaban J connectivity index is 5.17. The minimum atomic E-state index is -4.96. The van der Waals surface area contributed by atoms with E-state index in [1.807, 2.05) is 0 Å². The van der Waals surface area contributed by atoms with E-state index in [1.54, 1.807) is 0 Å². The van der Waals surface area contributed by atoms with Crippen molar-refractivity contribution in [3.63, 3.8) is 0 Å². The van der Waals surface area contributed by atoms with Crippen molar-refractivity contribution in [1.29, 1.82) is 0 Å². The number of hydrogen-bond acceptors (Lipinski definition) is 15. The second-order valence-electron chi connectivity index (χ2n) is 29.6. The van der Waals surface area contributed by atoms with Gasteiger partial charge in [-0.3, -0.25) is 37.3 Å². The summed E-state index contributed by atoms with van der Waals surface area (Å²) >= 11 is 0. The summed E-state index contributed by atoms with van der Waals surface area (Å²) in [5.41, 5.74) is 0. The maximum Gasteiger partial charge on any atom is 0.472 e. The zero-order valence-corrected chi connectivity index (χ0v) is 67.1. The van der Waals surface area contributed by atoms with Crippen LogP contribution in [-0.4, -0.2) is 96.7 Å².